The summed E-state index contributed by atoms with van der Waals surface area (Å²) in [6, 6.07) is 14.6. The zero-order valence-corrected chi connectivity index (χ0v) is 19.4. The van der Waals surface area contributed by atoms with Gasteiger partial charge >= 0.3 is 0 Å². The predicted octanol–water partition coefficient (Wildman–Crippen LogP) is 4.79. The highest BCUT2D eigenvalue weighted by Gasteiger charge is 2.32. The van der Waals surface area contributed by atoms with Gasteiger partial charge in [0.1, 0.15) is 0 Å². The maximum absolute atomic E-state index is 13.0. The number of amides is 1. The van der Waals surface area contributed by atoms with E-state index in [1.807, 2.05) is 36.4 Å². The molecule has 1 amide bonds. The second-order valence-corrected chi connectivity index (χ2v) is 11.2. The molecule has 0 atom stereocenters. The Hall–Kier alpha value is -1.70. The molecule has 0 unspecified atom stereocenters. The van der Waals surface area contributed by atoms with Crippen molar-refractivity contribution in [2.24, 2.45) is 5.92 Å². The third-order valence-corrected chi connectivity index (χ3v) is 7.92. The van der Waals surface area contributed by atoms with Gasteiger partial charge in [-0.3, -0.25) is 4.79 Å². The first-order chi connectivity index (χ1) is 13.6. The molecule has 0 saturated carbocycles. The Labute approximate surface area is 181 Å². The number of para-hydroxylation sites is 1. The van der Waals surface area contributed by atoms with Gasteiger partial charge in [-0.05, 0) is 64.0 Å². The molecule has 1 heterocycles. The first kappa shape index (κ1) is 22.0. The normalized spacial score (nSPS) is 16.6. The summed E-state index contributed by atoms with van der Waals surface area (Å²) >= 11 is 3.43. The van der Waals surface area contributed by atoms with E-state index in [0.717, 1.165) is 15.7 Å². The molecule has 2 aromatic rings. The van der Waals surface area contributed by atoms with Gasteiger partial charge in [-0.1, -0.05) is 45.0 Å². The SMILES string of the molecule is CC(C)(C)c1ccc(S(=O)(=O)N2CCC(C(=O)Nc3ccccc3Br)CC2)cc1. The van der Waals surface area contributed by atoms with Gasteiger partial charge in [0.05, 0.1) is 10.6 Å². The van der Waals surface area contributed by atoms with E-state index in [4.69, 9.17) is 0 Å². The van der Waals surface area contributed by atoms with Crippen molar-refractivity contribution < 1.29 is 13.2 Å². The molecule has 156 valence electrons. The van der Waals surface area contributed by atoms with Crippen LogP contribution in [0.25, 0.3) is 0 Å². The van der Waals surface area contributed by atoms with E-state index in [2.05, 4.69) is 42.0 Å². The van der Waals surface area contributed by atoms with Crippen molar-refractivity contribution in [3.05, 3.63) is 58.6 Å². The first-order valence-corrected chi connectivity index (χ1v) is 12.0. The zero-order chi connectivity index (χ0) is 21.2. The summed E-state index contributed by atoms with van der Waals surface area (Å²) in [6.07, 6.45) is 1.02. The molecular formula is C22H27BrN2O3S. The third kappa shape index (κ3) is 5.08. The molecule has 0 aliphatic carbocycles. The van der Waals surface area contributed by atoms with E-state index in [1.165, 1.54) is 4.31 Å². The summed E-state index contributed by atoms with van der Waals surface area (Å²) in [6.45, 7) is 6.98. The summed E-state index contributed by atoms with van der Waals surface area (Å²) in [5, 5.41) is 2.93. The predicted molar refractivity (Wildman–Crippen MR) is 119 cm³/mol. The Morgan fingerprint density at radius 1 is 1.03 bits per heavy atom. The van der Waals surface area contributed by atoms with Crippen LogP contribution in [0.2, 0.25) is 0 Å². The number of halogens is 1. The van der Waals surface area contributed by atoms with Crippen LogP contribution < -0.4 is 5.32 Å². The van der Waals surface area contributed by atoms with E-state index in [-0.39, 0.29) is 17.2 Å². The van der Waals surface area contributed by atoms with Gasteiger partial charge in [0.25, 0.3) is 0 Å². The van der Waals surface area contributed by atoms with Crippen molar-refractivity contribution in [2.45, 2.75) is 43.9 Å². The highest BCUT2D eigenvalue weighted by Crippen LogP contribution is 2.28. The number of carbonyl (C=O) groups is 1. The van der Waals surface area contributed by atoms with Gasteiger partial charge in [-0.2, -0.15) is 4.31 Å². The fourth-order valence-corrected chi connectivity index (χ4v) is 5.29. The molecule has 5 nitrogen and oxygen atoms in total. The van der Waals surface area contributed by atoms with E-state index < -0.39 is 10.0 Å². The number of hydrogen-bond donors (Lipinski definition) is 1. The Morgan fingerprint density at radius 3 is 2.17 bits per heavy atom. The van der Waals surface area contributed by atoms with Crippen molar-refractivity contribution in [1.82, 2.24) is 4.31 Å². The number of piperidine rings is 1. The first-order valence-electron chi connectivity index (χ1n) is 9.75. The quantitative estimate of drug-likeness (QED) is 0.686. The molecule has 1 saturated heterocycles. The van der Waals surface area contributed by atoms with Gasteiger partial charge in [-0.15, -0.1) is 0 Å². The van der Waals surface area contributed by atoms with E-state index in [0.29, 0.717) is 30.8 Å². The number of carbonyl (C=O) groups excluding carboxylic acids is 1. The van der Waals surface area contributed by atoms with Crippen molar-refractivity contribution in [1.29, 1.82) is 0 Å². The van der Waals surface area contributed by atoms with Crippen LogP contribution in [0.3, 0.4) is 0 Å². The van der Waals surface area contributed by atoms with Crippen LogP contribution in [0.5, 0.6) is 0 Å². The van der Waals surface area contributed by atoms with E-state index >= 15 is 0 Å². The Kier molecular flexibility index (Phi) is 6.51. The van der Waals surface area contributed by atoms with Crippen molar-refractivity contribution in [2.75, 3.05) is 18.4 Å². The average molecular weight is 479 g/mol. The standard InChI is InChI=1S/C22H27BrN2O3S/c1-22(2,3)17-8-10-18(11-9-17)29(27,28)25-14-12-16(13-15-25)21(26)24-20-7-5-4-6-19(20)23/h4-11,16H,12-15H2,1-3H3,(H,24,26). The monoisotopic (exact) mass is 478 g/mol. The molecule has 0 spiro atoms. The third-order valence-electron chi connectivity index (χ3n) is 5.31. The highest BCUT2D eigenvalue weighted by atomic mass is 79.9. The van der Waals surface area contributed by atoms with Gasteiger partial charge < -0.3 is 5.32 Å². The van der Waals surface area contributed by atoms with Crippen molar-refractivity contribution in [3.63, 3.8) is 0 Å². The summed E-state index contributed by atoms with van der Waals surface area (Å²) < 4.78 is 28.3. The van der Waals surface area contributed by atoms with Crippen LogP contribution in [0.1, 0.15) is 39.2 Å². The van der Waals surface area contributed by atoms with Crippen LogP contribution >= 0.6 is 15.9 Å². The summed E-state index contributed by atoms with van der Waals surface area (Å²) in [7, 11) is -3.54. The van der Waals surface area contributed by atoms with Crippen molar-refractivity contribution >= 4 is 37.5 Å². The number of sulfonamides is 1. The summed E-state index contributed by atoms with van der Waals surface area (Å²) in [5.74, 6) is -0.264. The minimum atomic E-state index is -3.54. The van der Waals surface area contributed by atoms with Crippen LogP contribution in [0, 0.1) is 5.92 Å². The lowest BCUT2D eigenvalue weighted by molar-refractivity contribution is -0.120. The molecule has 29 heavy (non-hydrogen) atoms. The largest absolute Gasteiger partial charge is 0.325 e. The highest BCUT2D eigenvalue weighted by molar-refractivity contribution is 9.10. The lowest BCUT2D eigenvalue weighted by Gasteiger charge is -2.30. The Morgan fingerprint density at radius 2 is 1.62 bits per heavy atom. The maximum atomic E-state index is 13.0. The Bertz CT molecular complexity index is 974. The summed E-state index contributed by atoms with van der Waals surface area (Å²) in [4.78, 5) is 12.9. The molecule has 1 aliphatic rings. The molecule has 1 N–H and O–H groups in total. The van der Waals surface area contributed by atoms with E-state index in [1.54, 1.807) is 12.1 Å². The van der Waals surface area contributed by atoms with Crippen molar-refractivity contribution in [3.8, 4) is 0 Å². The number of nitrogens with zero attached hydrogens (tertiary/aromatic N) is 1. The number of hydrogen-bond acceptors (Lipinski definition) is 3. The van der Waals surface area contributed by atoms with Crippen LogP contribution in [0.15, 0.2) is 57.9 Å². The van der Waals surface area contributed by atoms with E-state index in [9.17, 15) is 13.2 Å². The molecule has 3 rings (SSSR count). The van der Waals surface area contributed by atoms with Gasteiger partial charge in [0.2, 0.25) is 15.9 Å². The summed E-state index contributed by atoms with van der Waals surface area (Å²) in [5.41, 5.74) is 1.80. The molecule has 1 aliphatic heterocycles. The van der Waals surface area contributed by atoms with Crippen LogP contribution in [-0.2, 0) is 20.2 Å². The second kappa shape index (κ2) is 8.58. The molecule has 0 radical (unpaired) electrons. The molecule has 0 aromatic heterocycles. The number of anilines is 1. The fourth-order valence-electron chi connectivity index (χ4n) is 3.43. The van der Waals surface area contributed by atoms with Crippen LogP contribution in [-0.4, -0.2) is 31.7 Å². The lowest BCUT2D eigenvalue weighted by Crippen LogP contribution is -2.41. The Balaban J connectivity index is 1.63. The van der Waals surface area contributed by atoms with Gasteiger partial charge in [0.15, 0.2) is 0 Å². The maximum Gasteiger partial charge on any atom is 0.243 e. The fraction of sp³-hybridized carbons (Fsp3) is 0.409. The number of nitrogens with one attached hydrogen (secondary N) is 1. The topological polar surface area (TPSA) is 66.5 Å². The zero-order valence-electron chi connectivity index (χ0n) is 17.0. The molecule has 2 aromatic carbocycles. The minimum absolute atomic E-state index is 0.0260. The van der Waals surface area contributed by atoms with Gasteiger partial charge in [-0.25, -0.2) is 8.42 Å². The number of rotatable bonds is 4. The average Bonchev–Trinajstić information content (AvgIpc) is 2.69. The minimum Gasteiger partial charge on any atom is -0.325 e. The lowest BCUT2D eigenvalue weighted by atomic mass is 9.87. The van der Waals surface area contributed by atoms with Crippen LogP contribution in [0.4, 0.5) is 5.69 Å². The second-order valence-electron chi connectivity index (χ2n) is 8.42. The van der Waals surface area contributed by atoms with Gasteiger partial charge in [0, 0.05) is 23.5 Å². The smallest absolute Gasteiger partial charge is 0.243 e. The molecular weight excluding hydrogens is 452 g/mol. The number of benzene rings is 2. The molecule has 1 fully saturated rings. The molecule has 0 bridgehead atoms. The molecule has 7 heteroatoms.